The van der Waals surface area contributed by atoms with Crippen molar-refractivity contribution >= 4 is 33.0 Å². The largest absolute Gasteiger partial charge is 0.389 e. The second-order valence-corrected chi connectivity index (χ2v) is 6.15. The standard InChI is InChI=1S/C14H14ClNS/c1-9-6-11(4-5-16-9)13-7-10-2-3-12(15)8-14(10)17-13/h2-5,7-9,11,16H,6H2,1H3. The van der Waals surface area contributed by atoms with Gasteiger partial charge in [-0.1, -0.05) is 23.7 Å². The molecule has 0 spiro atoms. The molecule has 0 amide bonds. The number of nitrogens with one attached hydrogen (secondary N) is 1. The van der Waals surface area contributed by atoms with Crippen molar-refractivity contribution in [3.8, 4) is 0 Å². The molecule has 0 aliphatic carbocycles. The van der Waals surface area contributed by atoms with Gasteiger partial charge in [-0.3, -0.25) is 0 Å². The average Bonchev–Trinajstić information content (AvgIpc) is 2.72. The van der Waals surface area contributed by atoms with Gasteiger partial charge in [0.25, 0.3) is 0 Å². The van der Waals surface area contributed by atoms with E-state index in [-0.39, 0.29) is 0 Å². The van der Waals surface area contributed by atoms with Crippen LogP contribution < -0.4 is 5.32 Å². The molecule has 2 aromatic rings. The molecule has 3 rings (SSSR count). The summed E-state index contributed by atoms with van der Waals surface area (Å²) in [6.45, 7) is 2.22. The highest BCUT2D eigenvalue weighted by Gasteiger charge is 2.17. The molecule has 0 radical (unpaired) electrons. The van der Waals surface area contributed by atoms with Crippen LogP contribution in [0, 0.1) is 0 Å². The van der Waals surface area contributed by atoms with Crippen molar-refractivity contribution in [3.63, 3.8) is 0 Å². The number of rotatable bonds is 1. The molecule has 1 aromatic heterocycles. The second-order valence-electron chi connectivity index (χ2n) is 4.60. The van der Waals surface area contributed by atoms with Gasteiger partial charge in [0.2, 0.25) is 0 Å². The Hall–Kier alpha value is -0.990. The molecule has 0 fully saturated rings. The SMILES string of the molecule is CC1CC(c2cc3ccc(Cl)cc3s2)C=CN1. The fraction of sp³-hybridized carbons (Fsp3) is 0.286. The third kappa shape index (κ3) is 2.20. The Morgan fingerprint density at radius 2 is 2.24 bits per heavy atom. The van der Waals surface area contributed by atoms with E-state index in [1.54, 1.807) is 0 Å². The van der Waals surface area contributed by atoms with Crippen molar-refractivity contribution in [2.75, 3.05) is 0 Å². The first-order chi connectivity index (χ1) is 8.22. The minimum absolute atomic E-state index is 0.544. The van der Waals surface area contributed by atoms with Gasteiger partial charge < -0.3 is 5.32 Å². The zero-order valence-electron chi connectivity index (χ0n) is 9.61. The Morgan fingerprint density at radius 3 is 3.06 bits per heavy atom. The van der Waals surface area contributed by atoms with Gasteiger partial charge in [0, 0.05) is 26.6 Å². The summed E-state index contributed by atoms with van der Waals surface area (Å²) < 4.78 is 1.28. The maximum absolute atomic E-state index is 6.02. The summed E-state index contributed by atoms with van der Waals surface area (Å²) >= 11 is 7.88. The molecule has 1 aliphatic heterocycles. The van der Waals surface area contributed by atoms with Gasteiger partial charge in [0.1, 0.15) is 0 Å². The van der Waals surface area contributed by atoms with E-state index in [4.69, 9.17) is 11.6 Å². The van der Waals surface area contributed by atoms with Crippen molar-refractivity contribution in [1.82, 2.24) is 5.32 Å². The maximum Gasteiger partial charge on any atom is 0.0420 e. The van der Waals surface area contributed by atoms with Crippen molar-refractivity contribution in [2.24, 2.45) is 0 Å². The lowest BCUT2D eigenvalue weighted by Crippen LogP contribution is -2.26. The van der Waals surface area contributed by atoms with E-state index in [9.17, 15) is 0 Å². The van der Waals surface area contributed by atoms with E-state index < -0.39 is 0 Å². The highest BCUT2D eigenvalue weighted by Crippen LogP contribution is 2.35. The number of fused-ring (bicyclic) bond motifs is 1. The molecule has 1 aliphatic rings. The first-order valence-corrected chi connectivity index (χ1v) is 7.03. The molecule has 1 aromatic carbocycles. The average molecular weight is 264 g/mol. The summed E-state index contributed by atoms with van der Waals surface area (Å²) in [7, 11) is 0. The van der Waals surface area contributed by atoms with Crippen molar-refractivity contribution < 1.29 is 0 Å². The number of thiophene rings is 1. The number of hydrogen-bond donors (Lipinski definition) is 1. The Labute approximate surface area is 110 Å². The van der Waals surface area contributed by atoms with Gasteiger partial charge in [-0.25, -0.2) is 0 Å². The van der Waals surface area contributed by atoms with Crippen LogP contribution in [0.1, 0.15) is 24.1 Å². The van der Waals surface area contributed by atoms with Gasteiger partial charge in [-0.15, -0.1) is 11.3 Å². The van der Waals surface area contributed by atoms with Crippen LogP contribution in [0.4, 0.5) is 0 Å². The molecule has 3 heteroatoms. The smallest absolute Gasteiger partial charge is 0.0420 e. The van der Waals surface area contributed by atoms with Crippen LogP contribution in [-0.2, 0) is 0 Å². The first kappa shape index (κ1) is 11.1. The highest BCUT2D eigenvalue weighted by atomic mass is 35.5. The summed E-state index contributed by atoms with van der Waals surface area (Å²) in [5.41, 5.74) is 0. The summed E-state index contributed by atoms with van der Waals surface area (Å²) in [5, 5.41) is 5.45. The number of allylic oxidation sites excluding steroid dienone is 1. The van der Waals surface area contributed by atoms with Crippen LogP contribution in [0.25, 0.3) is 10.1 Å². The van der Waals surface area contributed by atoms with Crippen LogP contribution >= 0.6 is 22.9 Å². The summed E-state index contributed by atoms with van der Waals surface area (Å²) in [4.78, 5) is 1.44. The topological polar surface area (TPSA) is 12.0 Å². The Bertz CT molecular complexity index is 573. The van der Waals surface area contributed by atoms with E-state index in [2.05, 4.69) is 42.7 Å². The predicted octanol–water partition coefficient (Wildman–Crippen LogP) is 4.53. The molecule has 1 nitrogen and oxygen atoms in total. The third-order valence-corrected chi connectivity index (χ3v) is 4.65. The molecular formula is C14H14ClNS. The van der Waals surface area contributed by atoms with Crippen molar-refractivity contribution in [2.45, 2.75) is 25.3 Å². The second kappa shape index (κ2) is 4.35. The zero-order valence-corrected chi connectivity index (χ0v) is 11.2. The quantitative estimate of drug-likeness (QED) is 0.797. The van der Waals surface area contributed by atoms with E-state index in [0.29, 0.717) is 12.0 Å². The molecule has 88 valence electrons. The van der Waals surface area contributed by atoms with Crippen molar-refractivity contribution in [1.29, 1.82) is 0 Å². The zero-order chi connectivity index (χ0) is 11.8. The highest BCUT2D eigenvalue weighted by molar-refractivity contribution is 7.19. The Balaban J connectivity index is 2.00. The fourth-order valence-corrected chi connectivity index (χ4v) is 3.72. The van der Waals surface area contributed by atoms with Crippen LogP contribution in [0.15, 0.2) is 36.5 Å². The molecule has 2 unspecified atom stereocenters. The first-order valence-electron chi connectivity index (χ1n) is 5.84. The molecular weight excluding hydrogens is 250 g/mol. The van der Waals surface area contributed by atoms with Crippen molar-refractivity contribution in [3.05, 3.63) is 46.4 Å². The molecule has 2 atom stereocenters. The molecule has 17 heavy (non-hydrogen) atoms. The van der Waals surface area contributed by atoms with E-state index in [1.807, 2.05) is 17.4 Å². The Morgan fingerprint density at radius 1 is 1.35 bits per heavy atom. The third-order valence-electron chi connectivity index (χ3n) is 3.18. The number of hydrogen-bond acceptors (Lipinski definition) is 2. The molecule has 0 saturated heterocycles. The van der Waals surface area contributed by atoms with Gasteiger partial charge >= 0.3 is 0 Å². The molecule has 0 bridgehead atoms. The van der Waals surface area contributed by atoms with Gasteiger partial charge in [-0.05, 0) is 43.1 Å². The van der Waals surface area contributed by atoms with E-state index >= 15 is 0 Å². The van der Waals surface area contributed by atoms with Gasteiger partial charge in [0.05, 0.1) is 0 Å². The van der Waals surface area contributed by atoms with Crippen LogP contribution in [0.2, 0.25) is 5.02 Å². The van der Waals surface area contributed by atoms with Crippen LogP contribution in [0.3, 0.4) is 0 Å². The lowest BCUT2D eigenvalue weighted by atomic mass is 9.96. The van der Waals surface area contributed by atoms with Crippen LogP contribution in [-0.4, -0.2) is 6.04 Å². The lowest BCUT2D eigenvalue weighted by Gasteiger charge is -2.22. The summed E-state index contributed by atoms with van der Waals surface area (Å²) in [5.74, 6) is 0.544. The summed E-state index contributed by atoms with van der Waals surface area (Å²) in [6.07, 6.45) is 5.50. The minimum Gasteiger partial charge on any atom is -0.389 e. The monoisotopic (exact) mass is 263 g/mol. The van der Waals surface area contributed by atoms with Gasteiger partial charge in [0.15, 0.2) is 0 Å². The van der Waals surface area contributed by atoms with E-state index in [0.717, 1.165) is 11.4 Å². The Kier molecular flexibility index (Phi) is 2.85. The summed E-state index contributed by atoms with van der Waals surface area (Å²) in [6, 6.07) is 8.97. The number of benzene rings is 1. The van der Waals surface area contributed by atoms with Gasteiger partial charge in [-0.2, -0.15) is 0 Å². The fourth-order valence-electron chi connectivity index (χ4n) is 2.28. The molecule has 0 saturated carbocycles. The predicted molar refractivity (Wildman–Crippen MR) is 75.9 cm³/mol. The maximum atomic E-state index is 6.02. The molecule has 1 N–H and O–H groups in total. The number of halogens is 1. The lowest BCUT2D eigenvalue weighted by molar-refractivity contribution is 0.532. The van der Waals surface area contributed by atoms with E-state index in [1.165, 1.54) is 15.0 Å². The minimum atomic E-state index is 0.544. The van der Waals surface area contributed by atoms with Crippen LogP contribution in [0.5, 0.6) is 0 Å². The normalized spacial score (nSPS) is 23.9. The molecule has 2 heterocycles.